The van der Waals surface area contributed by atoms with E-state index in [-0.39, 0.29) is 5.97 Å². The van der Waals surface area contributed by atoms with Crippen LogP contribution in [0.15, 0.2) is 48.5 Å². The summed E-state index contributed by atoms with van der Waals surface area (Å²) in [7, 11) is 3.19. The quantitative estimate of drug-likeness (QED) is 0.213. The van der Waals surface area contributed by atoms with Crippen molar-refractivity contribution in [1.82, 2.24) is 4.98 Å². The molecule has 1 unspecified atom stereocenters. The second kappa shape index (κ2) is 9.54. The summed E-state index contributed by atoms with van der Waals surface area (Å²) in [5, 5.41) is 3.52. The number of nitrogens with zero attached hydrogens (tertiary/aromatic N) is 1. The van der Waals surface area contributed by atoms with E-state index in [0.29, 0.717) is 23.6 Å². The third kappa shape index (κ3) is 4.29. The molecule has 0 saturated heterocycles. The summed E-state index contributed by atoms with van der Waals surface area (Å²) in [6, 6.07) is 16.2. The summed E-state index contributed by atoms with van der Waals surface area (Å²) < 4.78 is 26.5. The van der Waals surface area contributed by atoms with Gasteiger partial charge in [-0.3, -0.25) is 0 Å². The third-order valence-electron chi connectivity index (χ3n) is 5.94. The van der Waals surface area contributed by atoms with Gasteiger partial charge >= 0.3 is 215 Å². The Morgan fingerprint density at radius 2 is 1.75 bits per heavy atom. The number of benzene rings is 2. The van der Waals surface area contributed by atoms with E-state index in [1.54, 1.807) is 14.2 Å². The van der Waals surface area contributed by atoms with Gasteiger partial charge in [-0.2, -0.15) is 0 Å². The van der Waals surface area contributed by atoms with Crippen molar-refractivity contribution < 1.29 is 23.7 Å². The predicted molar refractivity (Wildman–Crippen MR) is 141 cm³/mol. The van der Waals surface area contributed by atoms with Gasteiger partial charge in [0.05, 0.1) is 0 Å². The summed E-state index contributed by atoms with van der Waals surface area (Å²) in [4.78, 5) is 18.4. The van der Waals surface area contributed by atoms with E-state index in [2.05, 4.69) is 17.4 Å². The van der Waals surface area contributed by atoms with Crippen LogP contribution in [0.3, 0.4) is 0 Å². The Kier molecular flexibility index (Phi) is 6.57. The SMILES string of the molecule is COC(OC)c1nc(C)c(C(=O)OC(C)(C)C)c2c1[Se]1=C(OCc3ccccc3)Nc3cccc-2c31. The molecule has 2 aliphatic rings. The van der Waals surface area contributed by atoms with Gasteiger partial charge in [0.2, 0.25) is 0 Å². The third-order valence-corrected chi connectivity index (χ3v) is 10.7. The topological polar surface area (TPSA) is 78.9 Å². The normalized spacial score (nSPS) is 15.6. The molecule has 0 saturated carbocycles. The average Bonchev–Trinajstić information content (AvgIpc) is 3.37. The number of methoxy groups -OCH3 is 2. The summed E-state index contributed by atoms with van der Waals surface area (Å²) in [6.45, 7) is 7.88. The molecule has 0 spiro atoms. The number of aromatic nitrogens is 1. The first-order valence-electron chi connectivity index (χ1n) is 11.7. The van der Waals surface area contributed by atoms with Crippen LogP contribution in [0.25, 0.3) is 11.1 Å². The number of aryl methyl sites for hydroxylation is 1. The number of ether oxygens (including phenoxy) is 4. The van der Waals surface area contributed by atoms with Gasteiger partial charge in [0.25, 0.3) is 0 Å². The van der Waals surface area contributed by atoms with Crippen LogP contribution in [0.1, 0.15) is 54.4 Å². The minimum atomic E-state index is -1.95. The summed E-state index contributed by atoms with van der Waals surface area (Å²) in [6.07, 6.45) is -0.678. The number of esters is 1. The van der Waals surface area contributed by atoms with Gasteiger partial charge in [0.1, 0.15) is 0 Å². The van der Waals surface area contributed by atoms with Gasteiger partial charge in [-0.15, -0.1) is 0 Å². The summed E-state index contributed by atoms with van der Waals surface area (Å²) in [5.41, 5.74) is 5.07. The molecule has 0 aliphatic carbocycles. The number of hydrogen-bond acceptors (Lipinski definition) is 7. The number of anilines is 1. The van der Waals surface area contributed by atoms with Crippen LogP contribution in [0.5, 0.6) is 0 Å². The monoisotopic (exact) mass is 554 g/mol. The fourth-order valence-corrected chi connectivity index (χ4v) is 9.71. The van der Waals surface area contributed by atoms with E-state index in [4.69, 9.17) is 23.9 Å². The molecule has 2 aromatic carbocycles. The van der Waals surface area contributed by atoms with Gasteiger partial charge < -0.3 is 0 Å². The second-order valence-electron chi connectivity index (χ2n) is 9.64. The number of carbonyl (C=O) groups is 1. The number of fused-ring (bicyclic) bond motifs is 3. The minimum absolute atomic E-state index is 0.384. The first-order valence-corrected chi connectivity index (χ1v) is 14.3. The Hall–Kier alpha value is -2.87. The zero-order valence-electron chi connectivity index (χ0n) is 21.3. The number of rotatable bonds is 7. The first kappa shape index (κ1) is 24.8. The van der Waals surface area contributed by atoms with E-state index in [1.807, 2.05) is 64.1 Å². The van der Waals surface area contributed by atoms with Gasteiger partial charge in [-0.25, -0.2) is 0 Å². The maximum atomic E-state index is 13.5. The van der Waals surface area contributed by atoms with E-state index in [9.17, 15) is 4.79 Å². The predicted octanol–water partition coefficient (Wildman–Crippen LogP) is 3.54. The Labute approximate surface area is 215 Å². The zero-order chi connectivity index (χ0) is 25.6. The molecule has 0 radical (unpaired) electrons. The van der Waals surface area contributed by atoms with Crippen LogP contribution in [-0.2, 0) is 25.6 Å². The molecule has 8 heteroatoms. The molecule has 0 bridgehead atoms. The van der Waals surface area contributed by atoms with Gasteiger partial charge in [-0.1, -0.05) is 0 Å². The Bertz CT molecular complexity index is 1370. The van der Waals surface area contributed by atoms with Crippen LogP contribution in [0.4, 0.5) is 5.69 Å². The first-order chi connectivity index (χ1) is 17.2. The van der Waals surface area contributed by atoms with Gasteiger partial charge in [0.15, 0.2) is 0 Å². The van der Waals surface area contributed by atoms with Crippen LogP contribution in [0, 0.1) is 6.92 Å². The standard InChI is InChI=1S/C28H30N2O5Se/c1-16-20(25(31)35-28(2,3)4)21-18-13-10-14-19-23(18)36(24(21)22(29-16)26(32-5)33-6)27(30-19)34-15-17-11-8-7-9-12-17/h7-14,26,30H,15H2,1-6H3. The number of carbonyl (C=O) groups excluding carboxylic acids is 1. The van der Waals surface area contributed by atoms with Crippen molar-refractivity contribution in [3.8, 4) is 11.1 Å². The van der Waals surface area contributed by atoms with E-state index < -0.39 is 25.4 Å². The molecule has 36 heavy (non-hydrogen) atoms. The van der Waals surface area contributed by atoms with Crippen LogP contribution < -0.4 is 14.2 Å². The van der Waals surface area contributed by atoms with Crippen molar-refractivity contribution in [3.05, 3.63) is 71.0 Å². The molecule has 1 atom stereocenters. The molecule has 1 aromatic heterocycles. The fraction of sp³-hybridized carbons (Fsp3) is 0.321. The van der Waals surface area contributed by atoms with E-state index in [1.165, 1.54) is 4.46 Å². The molecule has 5 rings (SSSR count). The molecule has 188 valence electrons. The maximum absolute atomic E-state index is 13.5. The molecule has 0 amide bonds. The summed E-state index contributed by atoms with van der Waals surface area (Å²) >= 11 is -1.95. The van der Waals surface area contributed by atoms with Crippen molar-refractivity contribution >= 4 is 38.8 Å². The molecular weight excluding hydrogens is 523 g/mol. The van der Waals surface area contributed by atoms with Crippen LogP contribution in [-0.4, -0.2) is 49.0 Å². The van der Waals surface area contributed by atoms with Crippen LogP contribution >= 0.6 is 0 Å². The molecular formula is C28H30N2O5Se. The van der Waals surface area contributed by atoms with Crippen molar-refractivity contribution in [3.63, 3.8) is 0 Å². The van der Waals surface area contributed by atoms with Gasteiger partial charge in [0, 0.05) is 0 Å². The van der Waals surface area contributed by atoms with Gasteiger partial charge in [-0.05, 0) is 0 Å². The average molecular weight is 554 g/mol. The molecule has 2 aliphatic heterocycles. The Balaban J connectivity index is 1.74. The Morgan fingerprint density at radius 1 is 1.03 bits per heavy atom. The Morgan fingerprint density at radius 3 is 2.42 bits per heavy atom. The van der Waals surface area contributed by atoms with Crippen molar-refractivity contribution in [2.24, 2.45) is 0 Å². The summed E-state index contributed by atoms with van der Waals surface area (Å²) in [5.74, 6) is -0.384. The number of hydrogen-bond donors (Lipinski definition) is 1. The van der Waals surface area contributed by atoms with Crippen molar-refractivity contribution in [2.75, 3.05) is 19.5 Å². The second-order valence-corrected chi connectivity index (χ2v) is 13.4. The molecule has 3 aromatic rings. The van der Waals surface area contributed by atoms with E-state index in [0.717, 1.165) is 31.6 Å². The van der Waals surface area contributed by atoms with Crippen molar-refractivity contribution in [2.45, 2.75) is 46.2 Å². The zero-order valence-corrected chi connectivity index (χ0v) is 23.0. The molecule has 1 N–H and O–H groups in total. The molecule has 7 nitrogen and oxygen atoms in total. The van der Waals surface area contributed by atoms with Crippen LogP contribution in [0.2, 0.25) is 0 Å². The molecule has 3 heterocycles. The number of pyridine rings is 1. The fourth-order valence-electron chi connectivity index (χ4n) is 4.55. The molecule has 0 fully saturated rings. The number of nitrogens with one attached hydrogen (secondary N) is 1. The van der Waals surface area contributed by atoms with E-state index >= 15 is 0 Å². The van der Waals surface area contributed by atoms with Crippen molar-refractivity contribution in [1.29, 1.82) is 0 Å².